The minimum atomic E-state index is -0.626. The van der Waals surface area contributed by atoms with E-state index in [1.54, 1.807) is 0 Å². The average molecular weight is 291 g/mol. The summed E-state index contributed by atoms with van der Waals surface area (Å²) in [4.78, 5) is 0. The highest BCUT2D eigenvalue weighted by atomic mass is 35.5. The van der Waals surface area contributed by atoms with E-state index in [0.29, 0.717) is 5.46 Å². The first-order valence-corrected chi connectivity index (χ1v) is 6.40. The lowest BCUT2D eigenvalue weighted by molar-refractivity contribution is 0.00578. The van der Waals surface area contributed by atoms with Crippen LogP contribution in [0.25, 0.3) is 0 Å². The minimum absolute atomic E-state index is 0.0350. The van der Waals surface area contributed by atoms with Gasteiger partial charge in [-0.1, -0.05) is 23.2 Å². The molecule has 98 valence electrons. The first-order valence-electron chi connectivity index (χ1n) is 5.64. The zero-order valence-corrected chi connectivity index (χ0v) is 12.2. The Morgan fingerprint density at radius 1 is 1.00 bits per heavy atom. The molecule has 0 atom stereocenters. The maximum Gasteiger partial charge on any atom is 0.494 e. The molecule has 0 bridgehead atoms. The van der Waals surface area contributed by atoms with Crippen LogP contribution in [0.3, 0.4) is 0 Å². The largest absolute Gasteiger partial charge is 0.494 e. The third-order valence-corrected chi connectivity index (χ3v) is 4.08. The second-order valence-electron chi connectivity index (χ2n) is 5.39. The van der Waals surface area contributed by atoms with Crippen molar-refractivity contribution < 1.29 is 13.7 Å². The number of halogens is 3. The van der Waals surface area contributed by atoms with Crippen LogP contribution in [0.5, 0.6) is 0 Å². The van der Waals surface area contributed by atoms with Crippen LogP contribution >= 0.6 is 23.2 Å². The molecule has 0 amide bonds. The van der Waals surface area contributed by atoms with Crippen molar-refractivity contribution in [3.63, 3.8) is 0 Å². The Kier molecular flexibility index (Phi) is 3.44. The first-order chi connectivity index (χ1) is 8.14. The molecule has 0 radical (unpaired) electrons. The molecule has 0 unspecified atom stereocenters. The topological polar surface area (TPSA) is 18.5 Å². The van der Waals surface area contributed by atoms with Crippen LogP contribution in [-0.4, -0.2) is 18.3 Å². The number of benzene rings is 1. The predicted molar refractivity (Wildman–Crippen MR) is 72.1 cm³/mol. The van der Waals surface area contributed by atoms with Gasteiger partial charge in [0.25, 0.3) is 0 Å². The summed E-state index contributed by atoms with van der Waals surface area (Å²) in [7, 11) is -0.592. The van der Waals surface area contributed by atoms with Gasteiger partial charge < -0.3 is 9.31 Å². The summed E-state index contributed by atoms with van der Waals surface area (Å²) >= 11 is 11.5. The summed E-state index contributed by atoms with van der Waals surface area (Å²) in [6.07, 6.45) is 0. The molecular formula is C12H14BCl2FO2. The van der Waals surface area contributed by atoms with Gasteiger partial charge in [0.2, 0.25) is 0 Å². The fraction of sp³-hybridized carbons (Fsp3) is 0.500. The Morgan fingerprint density at radius 3 is 1.78 bits per heavy atom. The first kappa shape index (κ1) is 14.1. The highest BCUT2D eigenvalue weighted by Gasteiger charge is 2.51. The highest BCUT2D eigenvalue weighted by Crippen LogP contribution is 2.37. The Morgan fingerprint density at radius 2 is 1.39 bits per heavy atom. The van der Waals surface area contributed by atoms with Crippen molar-refractivity contribution in [2.24, 2.45) is 0 Å². The maximum atomic E-state index is 13.4. The van der Waals surface area contributed by atoms with Crippen LogP contribution in [0.4, 0.5) is 4.39 Å². The molecular weight excluding hydrogens is 277 g/mol. The molecule has 2 rings (SSSR count). The summed E-state index contributed by atoms with van der Waals surface area (Å²) in [5, 5.41) is -0.0700. The van der Waals surface area contributed by atoms with Crippen molar-refractivity contribution in [3.8, 4) is 0 Å². The van der Waals surface area contributed by atoms with Gasteiger partial charge in [0.15, 0.2) is 5.82 Å². The number of hydrogen-bond acceptors (Lipinski definition) is 2. The second-order valence-corrected chi connectivity index (χ2v) is 6.20. The Hall–Kier alpha value is -0.285. The van der Waals surface area contributed by atoms with Crippen molar-refractivity contribution in [2.45, 2.75) is 38.9 Å². The lowest BCUT2D eigenvalue weighted by atomic mass is 9.79. The van der Waals surface area contributed by atoms with Gasteiger partial charge in [0, 0.05) is 0 Å². The van der Waals surface area contributed by atoms with Crippen LogP contribution in [0.2, 0.25) is 10.0 Å². The molecule has 1 aliphatic heterocycles. The van der Waals surface area contributed by atoms with E-state index in [9.17, 15) is 4.39 Å². The Balaban J connectivity index is 2.36. The van der Waals surface area contributed by atoms with Gasteiger partial charge in [-0.25, -0.2) is 4.39 Å². The molecule has 0 aromatic heterocycles. The molecule has 0 aliphatic carbocycles. The van der Waals surface area contributed by atoms with Gasteiger partial charge in [-0.3, -0.25) is 0 Å². The number of rotatable bonds is 1. The Bertz CT molecular complexity index is 452. The lowest BCUT2D eigenvalue weighted by Gasteiger charge is -2.32. The van der Waals surface area contributed by atoms with Crippen molar-refractivity contribution in [2.75, 3.05) is 0 Å². The average Bonchev–Trinajstić information content (AvgIpc) is 2.44. The molecule has 18 heavy (non-hydrogen) atoms. The summed E-state index contributed by atoms with van der Waals surface area (Å²) in [6.45, 7) is 7.78. The number of hydrogen-bond donors (Lipinski definition) is 0. The zero-order chi connectivity index (χ0) is 13.7. The van der Waals surface area contributed by atoms with Gasteiger partial charge in [0.05, 0.1) is 21.2 Å². The fourth-order valence-corrected chi connectivity index (χ4v) is 2.19. The van der Waals surface area contributed by atoms with E-state index in [1.165, 1.54) is 12.1 Å². The SMILES string of the molecule is CC1(C)OB(c2cc(Cl)c(F)c(Cl)c2)OC1(C)C. The highest BCUT2D eigenvalue weighted by molar-refractivity contribution is 6.62. The molecule has 1 heterocycles. The molecule has 0 N–H and O–H groups in total. The Labute approximate surface area is 117 Å². The van der Waals surface area contributed by atoms with E-state index in [4.69, 9.17) is 32.5 Å². The third-order valence-electron chi connectivity index (χ3n) is 3.53. The molecule has 1 aromatic carbocycles. The van der Waals surface area contributed by atoms with Crippen LogP contribution in [0.1, 0.15) is 27.7 Å². The lowest BCUT2D eigenvalue weighted by Crippen LogP contribution is -2.41. The van der Waals surface area contributed by atoms with E-state index >= 15 is 0 Å². The summed E-state index contributed by atoms with van der Waals surface area (Å²) < 4.78 is 25.0. The molecule has 2 nitrogen and oxygen atoms in total. The monoisotopic (exact) mass is 290 g/mol. The quantitative estimate of drug-likeness (QED) is 0.583. The van der Waals surface area contributed by atoms with Crippen LogP contribution in [-0.2, 0) is 9.31 Å². The second kappa shape index (κ2) is 4.38. The predicted octanol–water partition coefficient (Wildman–Crippen LogP) is 3.43. The van der Waals surface area contributed by atoms with Crippen LogP contribution in [0.15, 0.2) is 12.1 Å². The van der Waals surface area contributed by atoms with Crippen molar-refractivity contribution in [1.29, 1.82) is 0 Å². The normalized spacial score (nSPS) is 21.4. The molecule has 0 saturated carbocycles. The van der Waals surface area contributed by atoms with Crippen molar-refractivity contribution in [3.05, 3.63) is 28.0 Å². The summed E-state index contributed by atoms with van der Waals surface area (Å²) in [5.74, 6) is -0.626. The van der Waals surface area contributed by atoms with E-state index in [1.807, 2.05) is 27.7 Å². The minimum Gasteiger partial charge on any atom is -0.399 e. The van der Waals surface area contributed by atoms with Crippen molar-refractivity contribution in [1.82, 2.24) is 0 Å². The molecule has 6 heteroatoms. The van der Waals surface area contributed by atoms with Gasteiger partial charge in [-0.05, 0) is 45.3 Å². The summed E-state index contributed by atoms with van der Waals surface area (Å²) in [6, 6.07) is 2.95. The van der Waals surface area contributed by atoms with Crippen LogP contribution in [0, 0.1) is 5.82 Å². The van der Waals surface area contributed by atoms with E-state index in [2.05, 4.69) is 0 Å². The maximum absolute atomic E-state index is 13.4. The standard InChI is InChI=1S/C12H14BCl2FO2/c1-11(2)12(3,4)18-13(17-11)7-5-8(14)10(16)9(15)6-7/h5-6H,1-4H3. The molecule has 0 spiro atoms. The van der Waals surface area contributed by atoms with Gasteiger partial charge in [-0.15, -0.1) is 0 Å². The molecule has 1 saturated heterocycles. The van der Waals surface area contributed by atoms with Gasteiger partial charge in [-0.2, -0.15) is 0 Å². The van der Waals surface area contributed by atoms with E-state index in [-0.39, 0.29) is 10.0 Å². The van der Waals surface area contributed by atoms with Gasteiger partial charge >= 0.3 is 7.12 Å². The van der Waals surface area contributed by atoms with Gasteiger partial charge in [0.1, 0.15) is 0 Å². The third kappa shape index (κ3) is 2.27. The zero-order valence-electron chi connectivity index (χ0n) is 10.7. The van der Waals surface area contributed by atoms with Crippen LogP contribution < -0.4 is 5.46 Å². The van der Waals surface area contributed by atoms with Crippen molar-refractivity contribution >= 4 is 35.8 Å². The molecule has 1 fully saturated rings. The fourth-order valence-electron chi connectivity index (χ4n) is 1.69. The van der Waals surface area contributed by atoms with E-state index < -0.39 is 24.1 Å². The molecule has 1 aliphatic rings. The smallest absolute Gasteiger partial charge is 0.399 e. The molecule has 1 aromatic rings. The van der Waals surface area contributed by atoms with E-state index in [0.717, 1.165) is 0 Å². The summed E-state index contributed by atoms with van der Waals surface area (Å²) in [5.41, 5.74) is -0.291.